The number of hydrogen-bond acceptors (Lipinski definition) is 0. The predicted octanol–water partition coefficient (Wildman–Crippen LogP) is 13.0. The van der Waals surface area contributed by atoms with Crippen molar-refractivity contribution in [3.05, 3.63) is 182 Å². The van der Waals surface area contributed by atoms with E-state index in [1.165, 1.54) is 87.6 Å². The van der Waals surface area contributed by atoms with E-state index >= 15 is 0 Å². The predicted molar refractivity (Wildman–Crippen MR) is 198 cm³/mol. The maximum Gasteiger partial charge on any atom is -0.00261 e. The molecule has 0 spiro atoms. The molecule has 0 atom stereocenters. The molecule has 0 saturated heterocycles. The van der Waals surface area contributed by atoms with Gasteiger partial charge in [0, 0.05) is 0 Å². The molecule has 0 heteroatoms. The van der Waals surface area contributed by atoms with Crippen molar-refractivity contribution in [1.29, 1.82) is 0 Å². The van der Waals surface area contributed by atoms with E-state index in [2.05, 4.69) is 182 Å². The molecule has 0 nitrogen and oxygen atoms in total. The summed E-state index contributed by atoms with van der Waals surface area (Å²) < 4.78 is 0. The Balaban J connectivity index is 1.26. The summed E-state index contributed by atoms with van der Waals surface area (Å²) in [6.07, 6.45) is 0. The number of fused-ring (bicyclic) bond motifs is 4. The van der Waals surface area contributed by atoms with Gasteiger partial charge < -0.3 is 0 Å². The summed E-state index contributed by atoms with van der Waals surface area (Å²) in [5, 5.41) is 10.1. The average Bonchev–Trinajstić information content (AvgIpc) is 3.13. The first-order chi connectivity index (χ1) is 22.8. The Kier molecular flexibility index (Phi) is 6.25. The van der Waals surface area contributed by atoms with Gasteiger partial charge in [-0.25, -0.2) is 0 Å². The van der Waals surface area contributed by atoms with Gasteiger partial charge in [0.2, 0.25) is 0 Å². The first-order valence-electron chi connectivity index (χ1n) is 15.9. The summed E-state index contributed by atoms with van der Waals surface area (Å²) in [5.41, 5.74) is 9.95. The Morgan fingerprint density at radius 3 is 1.11 bits per heavy atom. The molecule has 0 unspecified atom stereocenters. The minimum Gasteiger partial charge on any atom is -0.0622 e. The van der Waals surface area contributed by atoms with E-state index in [1.54, 1.807) is 0 Å². The Morgan fingerprint density at radius 1 is 0.196 bits per heavy atom. The highest BCUT2D eigenvalue weighted by Crippen LogP contribution is 2.45. The van der Waals surface area contributed by atoms with Gasteiger partial charge in [-0.15, -0.1) is 0 Å². The molecule has 9 aromatic rings. The third-order valence-corrected chi connectivity index (χ3v) is 9.43. The van der Waals surface area contributed by atoms with Crippen LogP contribution in [0, 0.1) is 0 Å². The molecule has 0 heterocycles. The van der Waals surface area contributed by atoms with E-state index in [4.69, 9.17) is 0 Å². The molecule has 0 aliphatic heterocycles. The third-order valence-electron chi connectivity index (χ3n) is 9.43. The maximum absolute atomic E-state index is 2.39. The second-order valence-electron chi connectivity index (χ2n) is 12.1. The van der Waals surface area contributed by atoms with Crippen LogP contribution in [-0.2, 0) is 0 Å². The van der Waals surface area contributed by atoms with Crippen molar-refractivity contribution in [3.8, 4) is 44.5 Å². The van der Waals surface area contributed by atoms with E-state index < -0.39 is 0 Å². The molecule has 0 fully saturated rings. The van der Waals surface area contributed by atoms with Gasteiger partial charge in [-0.05, 0) is 106 Å². The molecular formula is C46H30. The molecule has 0 aromatic heterocycles. The van der Waals surface area contributed by atoms with Gasteiger partial charge in [-0.3, -0.25) is 0 Å². The van der Waals surface area contributed by atoms with Crippen LogP contribution in [-0.4, -0.2) is 0 Å². The standard InChI is InChI=1S/C46H30/c1-2-10-31(11-3-1)33-18-23-35(24-19-33)45-41-16-8-9-17-42(41)46(44-30-39-15-7-6-14-38(39)29-43(44)45)36-25-20-34(21-26-36)40-27-22-32-12-4-5-13-37(32)28-40/h1-30H. The quantitative estimate of drug-likeness (QED) is 0.181. The van der Waals surface area contributed by atoms with E-state index in [0.29, 0.717) is 0 Å². The Hall–Kier alpha value is -5.98. The second-order valence-corrected chi connectivity index (χ2v) is 12.1. The summed E-state index contributed by atoms with van der Waals surface area (Å²) >= 11 is 0. The molecular weight excluding hydrogens is 553 g/mol. The number of benzene rings is 9. The van der Waals surface area contributed by atoms with Crippen LogP contribution in [0.3, 0.4) is 0 Å². The normalized spacial score (nSPS) is 11.5. The highest BCUT2D eigenvalue weighted by molar-refractivity contribution is 6.23. The minimum atomic E-state index is 1.23. The van der Waals surface area contributed by atoms with Gasteiger partial charge in [-0.2, -0.15) is 0 Å². The third kappa shape index (κ3) is 4.47. The lowest BCUT2D eigenvalue weighted by molar-refractivity contribution is 1.61. The van der Waals surface area contributed by atoms with Crippen LogP contribution in [0.4, 0.5) is 0 Å². The first kappa shape index (κ1) is 26.4. The van der Waals surface area contributed by atoms with E-state index in [-0.39, 0.29) is 0 Å². The number of hydrogen-bond donors (Lipinski definition) is 0. The van der Waals surface area contributed by atoms with Gasteiger partial charge in [0.25, 0.3) is 0 Å². The van der Waals surface area contributed by atoms with E-state index in [9.17, 15) is 0 Å². The SMILES string of the molecule is c1ccc(-c2ccc(-c3c4ccccc4c(-c4ccc(-c5ccc6ccccc6c5)cc4)c4cc5ccccc5cc34)cc2)cc1. The maximum atomic E-state index is 2.39. The van der Waals surface area contributed by atoms with Crippen molar-refractivity contribution in [2.24, 2.45) is 0 Å². The zero-order valence-corrected chi connectivity index (χ0v) is 25.3. The molecule has 0 bridgehead atoms. The van der Waals surface area contributed by atoms with Crippen LogP contribution in [0.15, 0.2) is 182 Å². The zero-order valence-electron chi connectivity index (χ0n) is 25.3. The minimum absolute atomic E-state index is 1.23. The van der Waals surface area contributed by atoms with Crippen molar-refractivity contribution in [1.82, 2.24) is 0 Å². The van der Waals surface area contributed by atoms with Crippen LogP contribution in [0.2, 0.25) is 0 Å². The summed E-state index contributed by atoms with van der Waals surface area (Å²) in [4.78, 5) is 0. The molecule has 0 aliphatic rings. The topological polar surface area (TPSA) is 0 Å². The average molecular weight is 583 g/mol. The van der Waals surface area contributed by atoms with Crippen LogP contribution in [0.25, 0.3) is 87.6 Å². The molecule has 9 rings (SSSR count). The Morgan fingerprint density at radius 2 is 0.565 bits per heavy atom. The van der Waals surface area contributed by atoms with Crippen LogP contribution < -0.4 is 0 Å². The smallest absolute Gasteiger partial charge is 0.00261 e. The van der Waals surface area contributed by atoms with Gasteiger partial charge in [-0.1, -0.05) is 164 Å². The lowest BCUT2D eigenvalue weighted by Crippen LogP contribution is -1.92. The molecule has 214 valence electrons. The highest BCUT2D eigenvalue weighted by atomic mass is 14.2. The summed E-state index contributed by atoms with van der Waals surface area (Å²) in [6, 6.07) is 66.6. The van der Waals surface area contributed by atoms with Crippen LogP contribution in [0.1, 0.15) is 0 Å². The lowest BCUT2D eigenvalue weighted by Gasteiger charge is -2.19. The Bertz CT molecular complexity index is 2540. The molecule has 0 aliphatic carbocycles. The fourth-order valence-electron chi connectivity index (χ4n) is 7.14. The van der Waals surface area contributed by atoms with Crippen LogP contribution >= 0.6 is 0 Å². The van der Waals surface area contributed by atoms with Gasteiger partial charge in [0.1, 0.15) is 0 Å². The van der Waals surface area contributed by atoms with Crippen molar-refractivity contribution in [3.63, 3.8) is 0 Å². The largest absolute Gasteiger partial charge is 0.0622 e. The molecule has 0 radical (unpaired) electrons. The Labute approximate surface area is 268 Å². The molecule has 0 amide bonds. The molecule has 0 saturated carbocycles. The van der Waals surface area contributed by atoms with E-state index in [1.807, 2.05) is 0 Å². The summed E-state index contributed by atoms with van der Waals surface area (Å²) in [5.74, 6) is 0. The van der Waals surface area contributed by atoms with Crippen molar-refractivity contribution in [2.45, 2.75) is 0 Å². The fourth-order valence-corrected chi connectivity index (χ4v) is 7.14. The zero-order chi connectivity index (χ0) is 30.5. The second kappa shape index (κ2) is 10.9. The molecule has 46 heavy (non-hydrogen) atoms. The van der Waals surface area contributed by atoms with Crippen molar-refractivity contribution < 1.29 is 0 Å². The van der Waals surface area contributed by atoms with Crippen LogP contribution in [0.5, 0.6) is 0 Å². The summed E-state index contributed by atoms with van der Waals surface area (Å²) in [7, 11) is 0. The van der Waals surface area contributed by atoms with Gasteiger partial charge in [0.05, 0.1) is 0 Å². The summed E-state index contributed by atoms with van der Waals surface area (Å²) in [6.45, 7) is 0. The van der Waals surface area contributed by atoms with Gasteiger partial charge >= 0.3 is 0 Å². The molecule has 9 aromatic carbocycles. The first-order valence-corrected chi connectivity index (χ1v) is 15.9. The molecule has 0 N–H and O–H groups in total. The van der Waals surface area contributed by atoms with Crippen molar-refractivity contribution in [2.75, 3.05) is 0 Å². The monoisotopic (exact) mass is 582 g/mol. The van der Waals surface area contributed by atoms with E-state index in [0.717, 1.165) is 0 Å². The number of rotatable bonds is 4. The lowest BCUT2D eigenvalue weighted by atomic mass is 9.84. The fraction of sp³-hybridized carbons (Fsp3) is 0. The highest BCUT2D eigenvalue weighted by Gasteiger charge is 2.18. The van der Waals surface area contributed by atoms with Gasteiger partial charge in [0.15, 0.2) is 0 Å². The van der Waals surface area contributed by atoms with Crippen molar-refractivity contribution >= 4 is 43.1 Å².